The highest BCUT2D eigenvalue weighted by Gasteiger charge is 2.09. The van der Waals surface area contributed by atoms with E-state index < -0.39 is 0 Å². The van der Waals surface area contributed by atoms with Crippen LogP contribution in [-0.2, 0) is 4.79 Å². The number of nitrogens with one attached hydrogen (secondary N) is 1. The third-order valence-corrected chi connectivity index (χ3v) is 3.97. The average molecular weight is 310 g/mol. The molecule has 1 N–H and O–H groups in total. The van der Waals surface area contributed by atoms with Crippen LogP contribution in [0.25, 0.3) is 5.69 Å². The molecular weight excluding hydrogens is 296 g/mol. The molecular formula is C16H14N4OS. The first-order valence-corrected chi connectivity index (χ1v) is 7.73. The van der Waals surface area contributed by atoms with Gasteiger partial charge in [0.2, 0.25) is 5.91 Å². The first kappa shape index (κ1) is 14.3. The SMILES string of the molecule is O=C(CSc1ccccc1)Nc1ccccc1-n1cncn1. The fourth-order valence-corrected chi connectivity index (χ4v) is 2.68. The molecule has 1 heterocycles. The largest absolute Gasteiger partial charge is 0.323 e. The van der Waals surface area contributed by atoms with E-state index in [0.29, 0.717) is 11.4 Å². The number of nitrogens with zero attached hydrogens (tertiary/aromatic N) is 3. The van der Waals surface area contributed by atoms with Crippen molar-refractivity contribution in [2.45, 2.75) is 4.90 Å². The number of para-hydroxylation sites is 2. The van der Waals surface area contributed by atoms with Crippen molar-refractivity contribution < 1.29 is 4.79 Å². The fraction of sp³-hybridized carbons (Fsp3) is 0.0625. The lowest BCUT2D eigenvalue weighted by molar-refractivity contribution is -0.113. The van der Waals surface area contributed by atoms with Gasteiger partial charge in [-0.3, -0.25) is 4.79 Å². The highest BCUT2D eigenvalue weighted by atomic mass is 32.2. The summed E-state index contributed by atoms with van der Waals surface area (Å²) >= 11 is 1.50. The molecule has 22 heavy (non-hydrogen) atoms. The van der Waals surface area contributed by atoms with E-state index in [1.165, 1.54) is 18.1 Å². The Kier molecular flexibility index (Phi) is 4.50. The predicted molar refractivity (Wildman–Crippen MR) is 87.2 cm³/mol. The first-order chi connectivity index (χ1) is 10.8. The summed E-state index contributed by atoms with van der Waals surface area (Å²) in [5.41, 5.74) is 1.50. The summed E-state index contributed by atoms with van der Waals surface area (Å²) in [6.07, 6.45) is 3.06. The van der Waals surface area contributed by atoms with Crippen LogP contribution in [0.4, 0.5) is 5.69 Å². The van der Waals surface area contributed by atoms with E-state index >= 15 is 0 Å². The van der Waals surface area contributed by atoms with Gasteiger partial charge in [-0.05, 0) is 24.3 Å². The lowest BCUT2D eigenvalue weighted by Crippen LogP contribution is -2.15. The Morgan fingerprint density at radius 2 is 1.86 bits per heavy atom. The second-order valence-corrected chi connectivity index (χ2v) is 5.56. The Morgan fingerprint density at radius 1 is 1.09 bits per heavy atom. The van der Waals surface area contributed by atoms with Crippen LogP contribution in [0.15, 0.2) is 72.1 Å². The minimum absolute atomic E-state index is 0.0542. The van der Waals surface area contributed by atoms with Crippen molar-refractivity contribution in [3.8, 4) is 5.69 Å². The molecule has 0 aliphatic carbocycles. The Balaban J connectivity index is 1.67. The number of aromatic nitrogens is 3. The van der Waals surface area contributed by atoms with Gasteiger partial charge in [0.25, 0.3) is 0 Å². The van der Waals surface area contributed by atoms with Crippen molar-refractivity contribution in [1.82, 2.24) is 14.8 Å². The molecule has 0 aliphatic heterocycles. The molecule has 0 bridgehead atoms. The number of carbonyl (C=O) groups is 1. The Labute approximate surface area is 132 Å². The zero-order valence-electron chi connectivity index (χ0n) is 11.7. The van der Waals surface area contributed by atoms with Gasteiger partial charge in [0.05, 0.1) is 17.1 Å². The Bertz CT molecular complexity index is 744. The molecule has 0 radical (unpaired) electrons. The van der Waals surface area contributed by atoms with E-state index in [9.17, 15) is 4.79 Å². The van der Waals surface area contributed by atoms with Gasteiger partial charge in [-0.25, -0.2) is 9.67 Å². The predicted octanol–water partition coefficient (Wildman–Crippen LogP) is 3.00. The molecule has 2 aromatic carbocycles. The summed E-state index contributed by atoms with van der Waals surface area (Å²) in [4.78, 5) is 17.1. The van der Waals surface area contributed by atoms with E-state index in [-0.39, 0.29) is 5.91 Å². The van der Waals surface area contributed by atoms with Crippen LogP contribution in [0.5, 0.6) is 0 Å². The molecule has 0 spiro atoms. The van der Waals surface area contributed by atoms with E-state index in [2.05, 4.69) is 15.4 Å². The van der Waals surface area contributed by atoms with Crippen LogP contribution in [0, 0.1) is 0 Å². The molecule has 0 aliphatic rings. The molecule has 0 saturated heterocycles. The molecule has 0 fully saturated rings. The minimum atomic E-state index is -0.0542. The van der Waals surface area contributed by atoms with Crippen LogP contribution in [0.3, 0.4) is 0 Å². The van der Waals surface area contributed by atoms with Crippen molar-refractivity contribution in [3.63, 3.8) is 0 Å². The topological polar surface area (TPSA) is 59.8 Å². The highest BCUT2D eigenvalue weighted by molar-refractivity contribution is 8.00. The van der Waals surface area contributed by atoms with Crippen molar-refractivity contribution in [2.75, 3.05) is 11.1 Å². The molecule has 1 aromatic heterocycles. The summed E-state index contributed by atoms with van der Waals surface area (Å²) in [6.45, 7) is 0. The molecule has 3 rings (SSSR count). The van der Waals surface area contributed by atoms with Gasteiger partial charge >= 0.3 is 0 Å². The number of benzene rings is 2. The maximum Gasteiger partial charge on any atom is 0.234 e. The first-order valence-electron chi connectivity index (χ1n) is 6.74. The number of amides is 1. The molecule has 1 amide bonds. The number of hydrogen-bond donors (Lipinski definition) is 1. The molecule has 0 unspecified atom stereocenters. The molecule has 0 saturated carbocycles. The highest BCUT2D eigenvalue weighted by Crippen LogP contribution is 2.20. The Morgan fingerprint density at radius 3 is 2.64 bits per heavy atom. The average Bonchev–Trinajstić information content (AvgIpc) is 3.09. The van der Waals surface area contributed by atoms with Gasteiger partial charge < -0.3 is 5.32 Å². The number of rotatable bonds is 5. The van der Waals surface area contributed by atoms with Gasteiger partial charge in [-0.2, -0.15) is 5.10 Å². The lowest BCUT2D eigenvalue weighted by Gasteiger charge is -2.10. The summed E-state index contributed by atoms with van der Waals surface area (Å²) < 4.78 is 1.62. The van der Waals surface area contributed by atoms with Gasteiger partial charge in [0, 0.05) is 4.90 Å². The van der Waals surface area contributed by atoms with E-state index in [1.54, 1.807) is 11.0 Å². The minimum Gasteiger partial charge on any atom is -0.323 e. The number of thioether (sulfide) groups is 1. The summed E-state index contributed by atoms with van der Waals surface area (Å²) in [7, 11) is 0. The third kappa shape index (κ3) is 3.53. The van der Waals surface area contributed by atoms with E-state index in [1.807, 2.05) is 54.6 Å². The fourth-order valence-electron chi connectivity index (χ4n) is 1.96. The van der Waals surface area contributed by atoms with Crippen LogP contribution in [0.2, 0.25) is 0 Å². The van der Waals surface area contributed by atoms with Crippen LogP contribution < -0.4 is 5.32 Å². The van der Waals surface area contributed by atoms with Crippen molar-refractivity contribution in [2.24, 2.45) is 0 Å². The second kappa shape index (κ2) is 6.91. The normalized spacial score (nSPS) is 10.4. The number of hydrogen-bond acceptors (Lipinski definition) is 4. The molecule has 3 aromatic rings. The van der Waals surface area contributed by atoms with Gasteiger partial charge in [-0.15, -0.1) is 11.8 Å². The molecule has 110 valence electrons. The molecule has 6 heteroatoms. The third-order valence-electron chi connectivity index (χ3n) is 2.96. The zero-order chi connectivity index (χ0) is 15.2. The van der Waals surface area contributed by atoms with Crippen LogP contribution >= 0.6 is 11.8 Å². The van der Waals surface area contributed by atoms with Crippen molar-refractivity contribution in [3.05, 3.63) is 67.3 Å². The van der Waals surface area contributed by atoms with E-state index in [4.69, 9.17) is 0 Å². The monoisotopic (exact) mass is 310 g/mol. The lowest BCUT2D eigenvalue weighted by atomic mass is 10.2. The molecule has 0 atom stereocenters. The van der Waals surface area contributed by atoms with Gasteiger partial charge in [0.1, 0.15) is 12.7 Å². The number of carbonyl (C=O) groups excluding carboxylic acids is 1. The van der Waals surface area contributed by atoms with Crippen molar-refractivity contribution in [1.29, 1.82) is 0 Å². The van der Waals surface area contributed by atoms with Crippen LogP contribution in [-0.4, -0.2) is 26.4 Å². The standard InChI is InChI=1S/C16H14N4OS/c21-16(10-22-13-6-2-1-3-7-13)19-14-8-4-5-9-15(14)20-12-17-11-18-20/h1-9,11-12H,10H2,(H,19,21). The zero-order valence-corrected chi connectivity index (χ0v) is 12.5. The summed E-state index contributed by atoms with van der Waals surface area (Å²) in [6, 6.07) is 17.4. The van der Waals surface area contributed by atoms with Crippen LogP contribution in [0.1, 0.15) is 0 Å². The summed E-state index contributed by atoms with van der Waals surface area (Å²) in [5, 5.41) is 7.02. The quantitative estimate of drug-likeness (QED) is 0.736. The maximum absolute atomic E-state index is 12.1. The Hall–Kier alpha value is -2.60. The van der Waals surface area contributed by atoms with Gasteiger partial charge in [-0.1, -0.05) is 30.3 Å². The second-order valence-electron chi connectivity index (χ2n) is 4.51. The maximum atomic E-state index is 12.1. The number of anilines is 1. The van der Waals surface area contributed by atoms with Gasteiger partial charge in [0.15, 0.2) is 0 Å². The smallest absolute Gasteiger partial charge is 0.234 e. The molecule has 5 nitrogen and oxygen atoms in total. The van der Waals surface area contributed by atoms with Crippen molar-refractivity contribution >= 4 is 23.4 Å². The van der Waals surface area contributed by atoms with E-state index in [0.717, 1.165) is 10.6 Å². The summed E-state index contributed by atoms with van der Waals surface area (Å²) in [5.74, 6) is 0.303.